The number of hydrogen-bond acceptors (Lipinski definition) is 3. The normalized spacial score (nSPS) is 9.85. The van der Waals surface area contributed by atoms with Gasteiger partial charge in [0.25, 0.3) is 0 Å². The van der Waals surface area contributed by atoms with Gasteiger partial charge in [-0.15, -0.1) is 0 Å². The van der Waals surface area contributed by atoms with Crippen LogP contribution < -0.4 is 5.32 Å². The van der Waals surface area contributed by atoms with Crippen molar-refractivity contribution in [1.29, 1.82) is 5.26 Å². The van der Waals surface area contributed by atoms with Gasteiger partial charge in [-0.3, -0.25) is 4.79 Å². The van der Waals surface area contributed by atoms with Gasteiger partial charge in [0.1, 0.15) is 11.9 Å². The first-order chi connectivity index (χ1) is 9.58. The molecule has 1 N–H and O–H groups in total. The number of halogens is 1. The molecule has 0 spiro atoms. The Morgan fingerprint density at radius 2 is 1.95 bits per heavy atom. The van der Waals surface area contributed by atoms with Crippen molar-refractivity contribution in [1.82, 2.24) is 0 Å². The van der Waals surface area contributed by atoms with E-state index in [0.29, 0.717) is 16.1 Å². The van der Waals surface area contributed by atoms with Crippen molar-refractivity contribution in [3.8, 4) is 6.07 Å². The number of anilines is 1. The monoisotopic (exact) mass is 286 g/mol. The number of benzene rings is 2. The van der Waals surface area contributed by atoms with E-state index in [4.69, 9.17) is 5.26 Å². The Labute approximate surface area is 120 Å². The smallest absolute Gasteiger partial charge is 0.221 e. The molecule has 0 radical (unpaired) electrons. The lowest BCUT2D eigenvalue weighted by molar-refractivity contribution is -0.114. The maximum atomic E-state index is 13.0. The van der Waals surface area contributed by atoms with E-state index in [0.717, 1.165) is 4.90 Å². The van der Waals surface area contributed by atoms with E-state index in [9.17, 15) is 9.18 Å². The molecule has 5 heteroatoms. The largest absolute Gasteiger partial charge is 0.326 e. The molecular weight excluding hydrogens is 275 g/mol. The van der Waals surface area contributed by atoms with Gasteiger partial charge in [0.15, 0.2) is 0 Å². The predicted octanol–water partition coefficient (Wildman–Crippen LogP) is 3.81. The number of carbonyl (C=O) groups is 1. The van der Waals surface area contributed by atoms with Gasteiger partial charge < -0.3 is 5.32 Å². The predicted molar refractivity (Wildman–Crippen MR) is 76.0 cm³/mol. The molecule has 0 heterocycles. The zero-order valence-corrected chi connectivity index (χ0v) is 11.5. The zero-order chi connectivity index (χ0) is 14.5. The second kappa shape index (κ2) is 6.22. The average Bonchev–Trinajstić information content (AvgIpc) is 2.42. The molecule has 2 aromatic rings. The molecule has 3 nitrogen and oxygen atoms in total. The highest BCUT2D eigenvalue weighted by molar-refractivity contribution is 7.99. The molecular formula is C15H11FN2OS. The number of hydrogen-bond donors (Lipinski definition) is 1. The van der Waals surface area contributed by atoms with Gasteiger partial charge in [-0.1, -0.05) is 11.8 Å². The Kier molecular flexibility index (Phi) is 4.38. The molecule has 2 aromatic carbocycles. The fourth-order valence-electron chi connectivity index (χ4n) is 1.62. The third-order valence-corrected chi connectivity index (χ3v) is 3.55. The fraction of sp³-hybridized carbons (Fsp3) is 0.0667. The highest BCUT2D eigenvalue weighted by Gasteiger charge is 2.06. The van der Waals surface area contributed by atoms with Crippen LogP contribution in [-0.2, 0) is 4.79 Å². The van der Waals surface area contributed by atoms with E-state index in [1.165, 1.54) is 30.8 Å². The van der Waals surface area contributed by atoms with Crippen molar-refractivity contribution in [3.63, 3.8) is 0 Å². The zero-order valence-electron chi connectivity index (χ0n) is 10.7. The minimum Gasteiger partial charge on any atom is -0.326 e. The first kappa shape index (κ1) is 14.1. The highest BCUT2D eigenvalue weighted by atomic mass is 32.2. The lowest BCUT2D eigenvalue weighted by Gasteiger charge is -2.06. The summed E-state index contributed by atoms with van der Waals surface area (Å²) >= 11 is 1.37. The van der Waals surface area contributed by atoms with E-state index in [1.807, 2.05) is 18.2 Å². The van der Waals surface area contributed by atoms with Crippen LogP contribution in [0.1, 0.15) is 12.5 Å². The molecule has 0 fully saturated rings. The summed E-state index contributed by atoms with van der Waals surface area (Å²) in [5.74, 6) is -0.553. The van der Waals surface area contributed by atoms with Crippen LogP contribution in [0.3, 0.4) is 0 Å². The molecule has 0 saturated heterocycles. The maximum Gasteiger partial charge on any atom is 0.221 e. The van der Waals surface area contributed by atoms with E-state index in [-0.39, 0.29) is 5.91 Å². The van der Waals surface area contributed by atoms with Gasteiger partial charge >= 0.3 is 0 Å². The molecule has 20 heavy (non-hydrogen) atoms. The first-order valence-electron chi connectivity index (χ1n) is 5.83. The molecule has 0 bridgehead atoms. The Hall–Kier alpha value is -2.32. The Bertz CT molecular complexity index is 677. The van der Waals surface area contributed by atoms with Crippen molar-refractivity contribution in [3.05, 3.63) is 53.8 Å². The van der Waals surface area contributed by atoms with Crippen LogP contribution >= 0.6 is 11.8 Å². The minimum atomic E-state index is -0.424. The standard InChI is InChI=1S/C15H11FN2OS/c1-10(19)18-13-3-5-14(6-4-13)20-15-7-2-12(16)8-11(15)9-17/h2-8H,1H3,(H,18,19). The van der Waals surface area contributed by atoms with E-state index < -0.39 is 5.82 Å². The van der Waals surface area contributed by atoms with E-state index in [2.05, 4.69) is 5.32 Å². The Morgan fingerprint density at radius 1 is 1.25 bits per heavy atom. The average molecular weight is 286 g/mol. The van der Waals surface area contributed by atoms with Crippen LogP contribution in [-0.4, -0.2) is 5.91 Å². The SMILES string of the molecule is CC(=O)Nc1ccc(Sc2ccc(F)cc2C#N)cc1. The van der Waals surface area contributed by atoms with Gasteiger partial charge in [0.2, 0.25) is 5.91 Å². The van der Waals surface area contributed by atoms with Gasteiger partial charge in [0.05, 0.1) is 5.56 Å². The summed E-state index contributed by atoms with van der Waals surface area (Å²) < 4.78 is 13.0. The van der Waals surface area contributed by atoms with Gasteiger partial charge in [0, 0.05) is 22.4 Å². The van der Waals surface area contributed by atoms with Crippen molar-refractivity contribution < 1.29 is 9.18 Å². The molecule has 0 aromatic heterocycles. The van der Waals surface area contributed by atoms with Gasteiger partial charge in [-0.2, -0.15) is 5.26 Å². The quantitative estimate of drug-likeness (QED) is 0.933. The second-order valence-electron chi connectivity index (χ2n) is 4.06. The summed E-state index contributed by atoms with van der Waals surface area (Å²) in [6.45, 7) is 1.44. The molecule has 0 aliphatic rings. The van der Waals surface area contributed by atoms with Crippen LogP contribution in [0.15, 0.2) is 52.3 Å². The molecule has 0 aliphatic heterocycles. The van der Waals surface area contributed by atoms with Crippen LogP contribution in [0.4, 0.5) is 10.1 Å². The second-order valence-corrected chi connectivity index (χ2v) is 5.18. The number of carbonyl (C=O) groups excluding carboxylic acids is 1. The fourth-order valence-corrected chi connectivity index (χ4v) is 2.49. The maximum absolute atomic E-state index is 13.0. The van der Waals surface area contributed by atoms with Crippen molar-refractivity contribution in [2.45, 2.75) is 16.7 Å². The first-order valence-corrected chi connectivity index (χ1v) is 6.65. The number of amides is 1. The number of nitrogens with zero attached hydrogens (tertiary/aromatic N) is 1. The van der Waals surface area contributed by atoms with Crippen LogP contribution in [0.2, 0.25) is 0 Å². The molecule has 0 aliphatic carbocycles. The topological polar surface area (TPSA) is 52.9 Å². The molecule has 100 valence electrons. The van der Waals surface area contributed by atoms with Crippen molar-refractivity contribution >= 4 is 23.4 Å². The van der Waals surface area contributed by atoms with Crippen LogP contribution in [0.25, 0.3) is 0 Å². The third-order valence-electron chi connectivity index (χ3n) is 2.46. The number of rotatable bonds is 3. The summed E-state index contributed by atoms with van der Waals surface area (Å²) in [6, 6.07) is 13.3. The van der Waals surface area contributed by atoms with Crippen molar-refractivity contribution in [2.75, 3.05) is 5.32 Å². The van der Waals surface area contributed by atoms with E-state index >= 15 is 0 Å². The summed E-state index contributed by atoms with van der Waals surface area (Å²) in [5.41, 5.74) is 1.02. The van der Waals surface area contributed by atoms with E-state index in [1.54, 1.807) is 18.2 Å². The van der Waals surface area contributed by atoms with Crippen LogP contribution in [0.5, 0.6) is 0 Å². The Balaban J connectivity index is 2.18. The number of nitrogens with one attached hydrogen (secondary N) is 1. The summed E-state index contributed by atoms with van der Waals surface area (Å²) in [7, 11) is 0. The molecule has 2 rings (SSSR count). The molecule has 1 amide bonds. The highest BCUT2D eigenvalue weighted by Crippen LogP contribution is 2.31. The Morgan fingerprint density at radius 3 is 2.55 bits per heavy atom. The van der Waals surface area contributed by atoms with Gasteiger partial charge in [-0.25, -0.2) is 4.39 Å². The summed E-state index contributed by atoms with van der Waals surface area (Å²) in [5, 5.41) is 11.7. The lowest BCUT2D eigenvalue weighted by Crippen LogP contribution is -2.05. The molecule has 0 saturated carbocycles. The lowest BCUT2D eigenvalue weighted by atomic mass is 10.2. The van der Waals surface area contributed by atoms with Crippen molar-refractivity contribution in [2.24, 2.45) is 0 Å². The van der Waals surface area contributed by atoms with Crippen LogP contribution in [0, 0.1) is 17.1 Å². The summed E-state index contributed by atoms with van der Waals surface area (Å²) in [4.78, 5) is 12.5. The number of nitriles is 1. The molecule has 0 unspecified atom stereocenters. The molecule has 0 atom stereocenters. The third kappa shape index (κ3) is 3.59. The minimum absolute atomic E-state index is 0.129. The summed E-state index contributed by atoms with van der Waals surface area (Å²) in [6.07, 6.45) is 0. The van der Waals surface area contributed by atoms with Gasteiger partial charge in [-0.05, 0) is 42.5 Å².